The zero-order valence-electron chi connectivity index (χ0n) is 19.9. The Balaban J connectivity index is 1.71. The van der Waals surface area contributed by atoms with Crippen molar-refractivity contribution in [2.75, 3.05) is 36.2 Å². The Labute approximate surface area is 204 Å². The van der Waals surface area contributed by atoms with Crippen molar-refractivity contribution in [1.29, 1.82) is 0 Å². The lowest BCUT2D eigenvalue weighted by Gasteiger charge is -2.33. The van der Waals surface area contributed by atoms with E-state index in [1.807, 2.05) is 62.6 Å². The molecule has 2 amide bonds. The summed E-state index contributed by atoms with van der Waals surface area (Å²) in [6.07, 6.45) is 2.05. The predicted molar refractivity (Wildman–Crippen MR) is 137 cm³/mol. The molecule has 0 saturated carbocycles. The van der Waals surface area contributed by atoms with Crippen molar-refractivity contribution in [3.8, 4) is 22.8 Å². The van der Waals surface area contributed by atoms with Gasteiger partial charge >= 0.3 is 6.03 Å². The first-order valence-electron chi connectivity index (χ1n) is 11.4. The third kappa shape index (κ3) is 5.66. The van der Waals surface area contributed by atoms with E-state index in [0.29, 0.717) is 36.5 Å². The number of urea groups is 1. The predicted octanol–water partition coefficient (Wildman–Crippen LogP) is 4.68. The van der Waals surface area contributed by atoms with Crippen molar-refractivity contribution in [2.45, 2.75) is 37.8 Å². The maximum absolute atomic E-state index is 12.0. The van der Waals surface area contributed by atoms with E-state index in [-0.39, 0.29) is 18.1 Å². The van der Waals surface area contributed by atoms with Gasteiger partial charge in [-0.15, -0.1) is 11.8 Å². The molecule has 1 unspecified atom stereocenters. The molecular formula is C25H30N6O2S. The average Bonchev–Trinajstić information content (AvgIpc) is 2.84. The summed E-state index contributed by atoms with van der Waals surface area (Å²) >= 11 is 1.67. The number of amides is 2. The molecule has 178 valence electrons. The van der Waals surface area contributed by atoms with E-state index in [9.17, 15) is 4.79 Å². The van der Waals surface area contributed by atoms with Crippen LogP contribution in [-0.2, 0) is 4.74 Å². The summed E-state index contributed by atoms with van der Waals surface area (Å²) in [5, 5.41) is 5.67. The second-order valence-electron chi connectivity index (χ2n) is 8.43. The van der Waals surface area contributed by atoms with E-state index in [1.165, 1.54) is 0 Å². The number of hydrogen-bond acceptors (Lipinski definition) is 7. The molecule has 1 atom stereocenters. The van der Waals surface area contributed by atoms with E-state index >= 15 is 0 Å². The number of rotatable bonds is 6. The van der Waals surface area contributed by atoms with Gasteiger partial charge in [0.05, 0.1) is 19.3 Å². The minimum Gasteiger partial charge on any atom is -0.377 e. The molecule has 0 bridgehead atoms. The Morgan fingerprint density at radius 1 is 1.09 bits per heavy atom. The summed E-state index contributed by atoms with van der Waals surface area (Å²) < 4.78 is 5.61. The third-order valence-electron chi connectivity index (χ3n) is 5.42. The molecule has 1 aliphatic rings. The number of aromatic nitrogens is 3. The van der Waals surface area contributed by atoms with Crippen LogP contribution < -0.4 is 15.5 Å². The highest BCUT2D eigenvalue weighted by atomic mass is 32.2. The van der Waals surface area contributed by atoms with E-state index in [2.05, 4.69) is 28.5 Å². The molecule has 1 fully saturated rings. The molecule has 1 saturated heterocycles. The molecule has 2 aromatic carbocycles. The molecule has 8 nitrogen and oxygen atoms in total. The molecular weight excluding hydrogens is 448 g/mol. The largest absolute Gasteiger partial charge is 0.377 e. The number of hydrogen-bond donors (Lipinski definition) is 2. The normalized spacial score (nSPS) is 15.9. The first-order chi connectivity index (χ1) is 16.4. The first-order valence-corrected chi connectivity index (χ1v) is 12.6. The van der Waals surface area contributed by atoms with Crippen LogP contribution in [0.5, 0.6) is 0 Å². The van der Waals surface area contributed by atoms with Crippen molar-refractivity contribution in [2.24, 2.45) is 0 Å². The van der Waals surface area contributed by atoms with Gasteiger partial charge in [-0.05, 0) is 57.4 Å². The molecule has 3 aromatic rings. The van der Waals surface area contributed by atoms with Gasteiger partial charge in [0.15, 0.2) is 11.6 Å². The smallest absolute Gasteiger partial charge is 0.319 e. The van der Waals surface area contributed by atoms with Gasteiger partial charge in [-0.25, -0.2) is 9.78 Å². The van der Waals surface area contributed by atoms with Gasteiger partial charge < -0.3 is 20.3 Å². The van der Waals surface area contributed by atoms with E-state index in [1.54, 1.807) is 11.8 Å². The second-order valence-corrected chi connectivity index (χ2v) is 9.28. The Hall–Kier alpha value is -3.17. The number of nitrogens with one attached hydrogen (secondary N) is 2. The number of ether oxygens (including phenoxy) is 1. The second kappa shape index (κ2) is 10.8. The zero-order valence-corrected chi connectivity index (χ0v) is 20.7. The van der Waals surface area contributed by atoms with Crippen LogP contribution >= 0.6 is 11.8 Å². The number of anilines is 2. The molecule has 4 rings (SSSR count). The van der Waals surface area contributed by atoms with Gasteiger partial charge in [0.2, 0.25) is 5.95 Å². The van der Waals surface area contributed by atoms with Crippen molar-refractivity contribution < 1.29 is 9.53 Å². The molecule has 2 heterocycles. The number of carbonyl (C=O) groups is 1. The summed E-state index contributed by atoms with van der Waals surface area (Å²) in [5.74, 6) is 1.88. The maximum atomic E-state index is 12.0. The van der Waals surface area contributed by atoms with Crippen LogP contribution in [0.15, 0.2) is 53.4 Å². The number of thioether (sulfide) groups is 1. The quantitative estimate of drug-likeness (QED) is 0.497. The van der Waals surface area contributed by atoms with Crippen LogP contribution in [0.1, 0.15) is 20.8 Å². The zero-order chi connectivity index (χ0) is 24.1. The number of benzene rings is 2. The summed E-state index contributed by atoms with van der Waals surface area (Å²) in [6.45, 7) is 7.95. The van der Waals surface area contributed by atoms with Crippen LogP contribution in [0, 0.1) is 0 Å². The number of morpholine rings is 1. The van der Waals surface area contributed by atoms with Crippen molar-refractivity contribution >= 4 is 29.4 Å². The fourth-order valence-corrected chi connectivity index (χ4v) is 4.32. The molecule has 2 N–H and O–H groups in total. The molecule has 0 aliphatic carbocycles. The summed E-state index contributed by atoms with van der Waals surface area (Å²) in [5.41, 5.74) is 2.53. The fourth-order valence-electron chi connectivity index (χ4n) is 3.73. The SMILES string of the molecule is CSc1ccccc1-c1nc(-c2ccc(NC(=O)NC(C)C)cc2)nc(N2CCOCC2C)n1. The molecule has 1 aromatic heterocycles. The first kappa shape index (κ1) is 24.0. The Morgan fingerprint density at radius 2 is 1.82 bits per heavy atom. The molecule has 0 spiro atoms. The van der Waals surface area contributed by atoms with Crippen molar-refractivity contribution in [3.63, 3.8) is 0 Å². The standard InChI is InChI=1S/C25H30N6O2S/c1-16(2)26-25(32)27-19-11-9-18(10-12-19)22-28-23(20-7-5-6-8-21(20)34-4)30-24(29-22)31-13-14-33-15-17(31)3/h5-12,16-17H,13-15H2,1-4H3,(H2,26,27,32). The lowest BCUT2D eigenvalue weighted by Crippen LogP contribution is -2.44. The Morgan fingerprint density at radius 3 is 2.53 bits per heavy atom. The van der Waals surface area contributed by atoms with Crippen molar-refractivity contribution in [3.05, 3.63) is 48.5 Å². The summed E-state index contributed by atoms with van der Waals surface area (Å²) in [7, 11) is 0. The Bertz CT molecular complexity index is 1140. The lowest BCUT2D eigenvalue weighted by atomic mass is 10.1. The van der Waals surface area contributed by atoms with E-state index in [4.69, 9.17) is 19.7 Å². The monoisotopic (exact) mass is 478 g/mol. The van der Waals surface area contributed by atoms with Crippen LogP contribution in [0.3, 0.4) is 0 Å². The van der Waals surface area contributed by atoms with Gasteiger partial charge in [-0.3, -0.25) is 0 Å². The van der Waals surface area contributed by atoms with Gasteiger partial charge in [-0.1, -0.05) is 18.2 Å². The third-order valence-corrected chi connectivity index (χ3v) is 6.21. The number of carbonyl (C=O) groups excluding carboxylic acids is 1. The lowest BCUT2D eigenvalue weighted by molar-refractivity contribution is 0.0981. The van der Waals surface area contributed by atoms with Crippen LogP contribution in [0.25, 0.3) is 22.8 Å². The van der Waals surface area contributed by atoms with Crippen LogP contribution in [0.2, 0.25) is 0 Å². The fraction of sp³-hybridized carbons (Fsp3) is 0.360. The van der Waals surface area contributed by atoms with Gasteiger partial charge in [0, 0.05) is 34.3 Å². The van der Waals surface area contributed by atoms with Gasteiger partial charge in [0.1, 0.15) is 0 Å². The van der Waals surface area contributed by atoms with Gasteiger partial charge in [-0.2, -0.15) is 9.97 Å². The minimum atomic E-state index is -0.234. The highest BCUT2D eigenvalue weighted by Gasteiger charge is 2.24. The minimum absolute atomic E-state index is 0.0630. The average molecular weight is 479 g/mol. The van der Waals surface area contributed by atoms with Gasteiger partial charge in [0.25, 0.3) is 0 Å². The summed E-state index contributed by atoms with van der Waals surface area (Å²) in [4.78, 5) is 29.8. The molecule has 9 heteroatoms. The Kier molecular flexibility index (Phi) is 7.64. The van der Waals surface area contributed by atoms with Crippen LogP contribution in [-0.4, -0.2) is 59.1 Å². The topological polar surface area (TPSA) is 92.3 Å². The molecule has 0 radical (unpaired) electrons. The van der Waals surface area contributed by atoms with Crippen molar-refractivity contribution in [1.82, 2.24) is 20.3 Å². The molecule has 1 aliphatic heterocycles. The molecule has 34 heavy (non-hydrogen) atoms. The number of nitrogens with zero attached hydrogens (tertiary/aromatic N) is 4. The van der Waals surface area contributed by atoms with E-state index < -0.39 is 0 Å². The highest BCUT2D eigenvalue weighted by Crippen LogP contribution is 2.31. The maximum Gasteiger partial charge on any atom is 0.319 e. The summed E-state index contributed by atoms with van der Waals surface area (Å²) in [6, 6.07) is 15.7. The van der Waals surface area contributed by atoms with Crippen LogP contribution in [0.4, 0.5) is 16.4 Å². The highest BCUT2D eigenvalue weighted by molar-refractivity contribution is 7.98. The van der Waals surface area contributed by atoms with E-state index in [0.717, 1.165) is 22.6 Å².